The summed E-state index contributed by atoms with van der Waals surface area (Å²) in [5, 5.41) is 9.95. The van der Waals surface area contributed by atoms with Crippen LogP contribution in [-0.4, -0.2) is 15.6 Å². The molecule has 0 radical (unpaired) electrons. The zero-order valence-electron chi connectivity index (χ0n) is 12.8. The van der Waals surface area contributed by atoms with E-state index < -0.39 is 5.97 Å². The number of hydrogen-bond donors (Lipinski definition) is 1. The number of benzene rings is 1. The van der Waals surface area contributed by atoms with Crippen molar-refractivity contribution in [3.63, 3.8) is 0 Å². The molecule has 1 aromatic heterocycles. The van der Waals surface area contributed by atoms with Crippen LogP contribution in [-0.2, 0) is 17.8 Å². The topological polar surface area (TPSA) is 42.2 Å². The molecule has 0 unspecified atom stereocenters. The molecule has 1 heterocycles. The van der Waals surface area contributed by atoms with Crippen LogP contribution in [0.5, 0.6) is 0 Å². The highest BCUT2D eigenvalue weighted by Crippen LogP contribution is 2.19. The van der Waals surface area contributed by atoms with E-state index in [1.807, 2.05) is 6.92 Å². The smallest absolute Gasteiger partial charge is 0.328 e. The number of fused-ring (bicyclic) bond motifs is 1. The van der Waals surface area contributed by atoms with E-state index in [9.17, 15) is 4.79 Å². The van der Waals surface area contributed by atoms with Gasteiger partial charge < -0.3 is 9.67 Å². The van der Waals surface area contributed by atoms with Crippen molar-refractivity contribution in [2.75, 3.05) is 0 Å². The highest BCUT2D eigenvalue weighted by Gasteiger charge is 2.03. The Morgan fingerprint density at radius 2 is 2.00 bits per heavy atom. The van der Waals surface area contributed by atoms with Gasteiger partial charge in [-0.25, -0.2) is 4.79 Å². The van der Waals surface area contributed by atoms with Gasteiger partial charge >= 0.3 is 5.97 Å². The predicted octanol–water partition coefficient (Wildman–Crippen LogP) is 4.18. The lowest BCUT2D eigenvalue weighted by atomic mass is 10.0. The molecule has 0 spiro atoms. The van der Waals surface area contributed by atoms with Gasteiger partial charge in [-0.15, -0.1) is 0 Å². The van der Waals surface area contributed by atoms with Crippen LogP contribution in [0.4, 0.5) is 0 Å². The Morgan fingerprint density at radius 1 is 1.24 bits per heavy atom. The molecule has 3 nitrogen and oxygen atoms in total. The molecule has 1 N–H and O–H groups in total. The molecule has 2 aromatic rings. The van der Waals surface area contributed by atoms with Crippen molar-refractivity contribution in [3.05, 3.63) is 59.3 Å². The molecule has 2 rings (SSSR count). The van der Waals surface area contributed by atoms with Crippen LogP contribution in [0.3, 0.4) is 0 Å². The normalized spacial score (nSPS) is 11.7. The molecule has 0 aliphatic heterocycles. The summed E-state index contributed by atoms with van der Waals surface area (Å²) in [4.78, 5) is 10.7. The Morgan fingerprint density at radius 3 is 2.67 bits per heavy atom. The van der Waals surface area contributed by atoms with Gasteiger partial charge in [-0.1, -0.05) is 23.3 Å². The molecule has 0 aliphatic rings. The molecule has 1 aromatic carbocycles. The van der Waals surface area contributed by atoms with Crippen molar-refractivity contribution < 1.29 is 9.90 Å². The van der Waals surface area contributed by atoms with Crippen molar-refractivity contribution in [1.82, 2.24) is 4.57 Å². The fraction of sp³-hybridized carbons (Fsp3) is 0.278. The van der Waals surface area contributed by atoms with E-state index in [1.165, 1.54) is 22.6 Å². The highest BCUT2D eigenvalue weighted by molar-refractivity contribution is 5.82. The van der Waals surface area contributed by atoms with E-state index in [1.54, 1.807) is 0 Å². The number of carboxylic acid groups (broad SMARTS) is 1. The fourth-order valence-electron chi connectivity index (χ4n) is 2.38. The maximum absolute atomic E-state index is 10.7. The van der Waals surface area contributed by atoms with Crippen LogP contribution in [0.15, 0.2) is 53.8 Å². The maximum atomic E-state index is 10.7. The van der Waals surface area contributed by atoms with Gasteiger partial charge in [0.1, 0.15) is 0 Å². The second kappa shape index (κ2) is 6.44. The number of aromatic nitrogens is 1. The predicted molar refractivity (Wildman–Crippen MR) is 86.5 cm³/mol. The monoisotopic (exact) mass is 283 g/mol. The first-order valence-electron chi connectivity index (χ1n) is 7.07. The summed E-state index contributed by atoms with van der Waals surface area (Å²) >= 11 is 0. The Hall–Kier alpha value is -2.29. The van der Waals surface area contributed by atoms with Gasteiger partial charge in [0.25, 0.3) is 0 Å². The number of allylic oxidation sites excluding steroid dienone is 3. The largest absolute Gasteiger partial charge is 0.478 e. The van der Waals surface area contributed by atoms with Crippen molar-refractivity contribution in [2.45, 2.75) is 33.7 Å². The first-order valence-corrected chi connectivity index (χ1v) is 7.07. The number of rotatable bonds is 5. The maximum Gasteiger partial charge on any atom is 0.328 e. The molecule has 21 heavy (non-hydrogen) atoms. The Kier molecular flexibility index (Phi) is 4.63. The zero-order chi connectivity index (χ0) is 15.4. The van der Waals surface area contributed by atoms with Gasteiger partial charge in [-0.05, 0) is 56.3 Å². The van der Waals surface area contributed by atoms with Crippen LogP contribution >= 0.6 is 0 Å². The van der Waals surface area contributed by atoms with Crippen LogP contribution in [0, 0.1) is 0 Å². The third-order valence-electron chi connectivity index (χ3n) is 3.38. The Balaban J connectivity index is 2.24. The summed E-state index contributed by atoms with van der Waals surface area (Å²) in [7, 11) is 0. The highest BCUT2D eigenvalue weighted by atomic mass is 16.4. The van der Waals surface area contributed by atoms with Gasteiger partial charge in [0.15, 0.2) is 0 Å². The average Bonchev–Trinajstić information content (AvgIpc) is 2.77. The van der Waals surface area contributed by atoms with Gasteiger partial charge in [-0.3, -0.25) is 0 Å². The molecule has 0 saturated carbocycles. The van der Waals surface area contributed by atoms with E-state index in [2.05, 4.69) is 55.0 Å². The molecule has 0 bridgehead atoms. The standard InChI is InChI=1S/C18H21NO2/c1-13(2)6-8-19-9-7-16-12-15(4-5-17(16)19)10-14(3)11-18(20)21/h4-7,9,11-12H,8,10H2,1-3H3,(H,20,21). The first kappa shape index (κ1) is 15.1. The summed E-state index contributed by atoms with van der Waals surface area (Å²) < 4.78 is 2.21. The third kappa shape index (κ3) is 4.09. The number of carboxylic acids is 1. The Bertz CT molecular complexity index is 716. The van der Waals surface area contributed by atoms with Crippen molar-refractivity contribution in [2.24, 2.45) is 0 Å². The molecule has 0 amide bonds. The van der Waals surface area contributed by atoms with Crippen LogP contribution < -0.4 is 0 Å². The third-order valence-corrected chi connectivity index (χ3v) is 3.38. The second-order valence-electron chi connectivity index (χ2n) is 5.65. The van der Waals surface area contributed by atoms with E-state index in [0.717, 1.165) is 17.7 Å². The lowest BCUT2D eigenvalue weighted by molar-refractivity contribution is -0.131. The van der Waals surface area contributed by atoms with Gasteiger partial charge in [0.2, 0.25) is 0 Å². The fourth-order valence-corrected chi connectivity index (χ4v) is 2.38. The summed E-state index contributed by atoms with van der Waals surface area (Å²) in [5.74, 6) is -0.888. The van der Waals surface area contributed by atoms with E-state index in [4.69, 9.17) is 5.11 Å². The minimum atomic E-state index is -0.888. The zero-order valence-corrected chi connectivity index (χ0v) is 12.8. The molecular formula is C18H21NO2. The Labute approximate surface area is 125 Å². The lowest BCUT2D eigenvalue weighted by Gasteiger charge is -2.05. The quantitative estimate of drug-likeness (QED) is 0.660. The minimum Gasteiger partial charge on any atom is -0.478 e. The lowest BCUT2D eigenvalue weighted by Crippen LogP contribution is -1.95. The molecule has 0 aliphatic carbocycles. The van der Waals surface area contributed by atoms with E-state index >= 15 is 0 Å². The molecular weight excluding hydrogens is 262 g/mol. The van der Waals surface area contributed by atoms with Gasteiger partial charge in [0.05, 0.1) is 0 Å². The van der Waals surface area contributed by atoms with Crippen LogP contribution in [0.25, 0.3) is 10.9 Å². The van der Waals surface area contributed by atoms with Crippen molar-refractivity contribution in [3.8, 4) is 0 Å². The van der Waals surface area contributed by atoms with E-state index in [-0.39, 0.29) is 0 Å². The average molecular weight is 283 g/mol. The summed E-state index contributed by atoms with van der Waals surface area (Å²) in [6.45, 7) is 6.92. The number of aliphatic carboxylic acids is 1. The molecule has 110 valence electrons. The molecule has 0 saturated heterocycles. The van der Waals surface area contributed by atoms with Crippen LogP contribution in [0.1, 0.15) is 26.3 Å². The second-order valence-corrected chi connectivity index (χ2v) is 5.65. The molecule has 3 heteroatoms. The molecule has 0 fully saturated rings. The summed E-state index contributed by atoms with van der Waals surface area (Å²) in [5.41, 5.74) is 4.50. The first-order chi connectivity index (χ1) is 9.95. The van der Waals surface area contributed by atoms with Crippen molar-refractivity contribution >= 4 is 16.9 Å². The number of carbonyl (C=O) groups is 1. The van der Waals surface area contributed by atoms with Crippen molar-refractivity contribution in [1.29, 1.82) is 0 Å². The number of hydrogen-bond acceptors (Lipinski definition) is 1. The van der Waals surface area contributed by atoms with Gasteiger partial charge in [0, 0.05) is 24.3 Å². The van der Waals surface area contributed by atoms with E-state index in [0.29, 0.717) is 6.42 Å². The van der Waals surface area contributed by atoms with Crippen LogP contribution in [0.2, 0.25) is 0 Å². The summed E-state index contributed by atoms with van der Waals surface area (Å²) in [6, 6.07) is 8.42. The SMILES string of the molecule is CC(C)=CCn1ccc2cc(CC(C)=CC(=O)O)ccc21. The number of nitrogens with zero attached hydrogens (tertiary/aromatic N) is 1. The molecule has 0 atom stereocenters. The minimum absolute atomic E-state index is 0.668. The summed E-state index contributed by atoms with van der Waals surface area (Å²) in [6.07, 6.45) is 6.23. The van der Waals surface area contributed by atoms with Gasteiger partial charge in [-0.2, -0.15) is 0 Å².